The Morgan fingerprint density at radius 3 is 2.17 bits per heavy atom. The van der Waals surface area contributed by atoms with Crippen molar-refractivity contribution in [3.63, 3.8) is 0 Å². The van der Waals surface area contributed by atoms with Gasteiger partial charge in [0.2, 0.25) is 0 Å². The van der Waals surface area contributed by atoms with Gasteiger partial charge < -0.3 is 25.4 Å². The Bertz CT molecular complexity index is 477. The van der Waals surface area contributed by atoms with Crippen LogP contribution in [0.25, 0.3) is 0 Å². The fourth-order valence-corrected chi connectivity index (χ4v) is 2.18. The lowest BCUT2D eigenvalue weighted by Gasteiger charge is -2.29. The van der Waals surface area contributed by atoms with E-state index >= 15 is 0 Å². The van der Waals surface area contributed by atoms with Crippen molar-refractivity contribution < 1.29 is 9.47 Å². The molecule has 5 nitrogen and oxygen atoms in total. The Morgan fingerprint density at radius 2 is 1.61 bits per heavy atom. The maximum Gasteiger partial charge on any atom is 0.174 e. The zero-order valence-corrected chi connectivity index (χ0v) is 11.6. The van der Waals surface area contributed by atoms with Gasteiger partial charge in [0.1, 0.15) is 6.17 Å². The highest BCUT2D eigenvalue weighted by Gasteiger charge is 2.20. The first-order valence-electron chi connectivity index (χ1n) is 5.24. The molecule has 0 atom stereocenters. The third-order valence-corrected chi connectivity index (χ3v) is 2.96. The maximum absolute atomic E-state index is 5.26. The van der Waals surface area contributed by atoms with E-state index in [0.717, 1.165) is 5.56 Å². The van der Waals surface area contributed by atoms with E-state index in [1.807, 2.05) is 18.2 Å². The van der Waals surface area contributed by atoms with Gasteiger partial charge in [-0.1, -0.05) is 6.07 Å². The van der Waals surface area contributed by atoms with Crippen molar-refractivity contribution in [1.82, 2.24) is 16.0 Å². The quantitative estimate of drug-likeness (QED) is 0.717. The predicted octanol–water partition coefficient (Wildman–Crippen LogP) is 1.05. The Balaban J connectivity index is 2.27. The third kappa shape index (κ3) is 2.62. The van der Waals surface area contributed by atoms with E-state index in [1.165, 1.54) is 0 Å². The molecule has 0 radical (unpaired) electrons. The predicted molar refractivity (Wildman–Crippen MR) is 76.9 cm³/mol. The van der Waals surface area contributed by atoms with E-state index in [1.54, 1.807) is 14.2 Å². The largest absolute Gasteiger partial charge is 0.493 e. The van der Waals surface area contributed by atoms with Crippen molar-refractivity contribution in [2.75, 3.05) is 14.2 Å². The molecule has 2 rings (SSSR count). The van der Waals surface area contributed by atoms with Gasteiger partial charge in [0.15, 0.2) is 21.7 Å². The molecule has 1 aliphatic rings. The Hall–Kier alpha value is -1.60. The Kier molecular flexibility index (Phi) is 3.83. The molecule has 0 aromatic heterocycles. The van der Waals surface area contributed by atoms with Crippen molar-refractivity contribution >= 4 is 34.7 Å². The molecule has 0 unspecified atom stereocenters. The monoisotopic (exact) mass is 283 g/mol. The molecule has 1 saturated heterocycles. The summed E-state index contributed by atoms with van der Waals surface area (Å²) < 4.78 is 10.5. The standard InChI is InChI=1S/C11H13N3O2S2/c1-15-7-4-3-6(5-8(7)16-2)9-12-10(17)14-11(18)13-9/h3-5,9H,1-2H3,(H3,12,13,14,17,18). The van der Waals surface area contributed by atoms with Crippen LogP contribution in [-0.4, -0.2) is 24.4 Å². The third-order valence-electron chi connectivity index (χ3n) is 2.52. The summed E-state index contributed by atoms with van der Waals surface area (Å²) in [6.45, 7) is 0. The molecule has 1 aliphatic heterocycles. The smallest absolute Gasteiger partial charge is 0.174 e. The molecule has 0 aliphatic carbocycles. The zero-order valence-electron chi connectivity index (χ0n) is 9.94. The van der Waals surface area contributed by atoms with E-state index in [0.29, 0.717) is 21.7 Å². The van der Waals surface area contributed by atoms with Gasteiger partial charge in [0, 0.05) is 0 Å². The molecule has 1 fully saturated rings. The molecular formula is C11H13N3O2S2. The molecule has 1 aromatic rings. The first-order valence-corrected chi connectivity index (χ1v) is 6.05. The first-order chi connectivity index (χ1) is 8.63. The lowest BCUT2D eigenvalue weighted by molar-refractivity contribution is 0.354. The number of hydrogen-bond acceptors (Lipinski definition) is 4. The summed E-state index contributed by atoms with van der Waals surface area (Å²) in [6.07, 6.45) is -0.175. The number of rotatable bonds is 3. The fraction of sp³-hybridized carbons (Fsp3) is 0.273. The summed E-state index contributed by atoms with van der Waals surface area (Å²) >= 11 is 10.1. The molecule has 18 heavy (non-hydrogen) atoms. The maximum atomic E-state index is 5.26. The minimum absolute atomic E-state index is 0.175. The van der Waals surface area contributed by atoms with Crippen LogP contribution in [0.2, 0.25) is 0 Å². The lowest BCUT2D eigenvalue weighted by Crippen LogP contribution is -2.56. The molecule has 3 N–H and O–H groups in total. The van der Waals surface area contributed by atoms with Crippen LogP contribution in [0, 0.1) is 0 Å². The number of methoxy groups -OCH3 is 2. The highest BCUT2D eigenvalue weighted by molar-refractivity contribution is 7.81. The lowest BCUT2D eigenvalue weighted by atomic mass is 10.1. The van der Waals surface area contributed by atoms with Crippen molar-refractivity contribution in [2.45, 2.75) is 6.17 Å². The normalized spacial score (nSPS) is 15.4. The summed E-state index contributed by atoms with van der Waals surface area (Å²) in [6, 6.07) is 5.63. The van der Waals surface area contributed by atoms with Gasteiger partial charge in [-0.15, -0.1) is 0 Å². The van der Waals surface area contributed by atoms with Crippen LogP contribution in [0.5, 0.6) is 11.5 Å². The molecule has 0 amide bonds. The van der Waals surface area contributed by atoms with Crippen LogP contribution in [0.1, 0.15) is 11.7 Å². The molecule has 0 saturated carbocycles. The first kappa shape index (κ1) is 12.8. The van der Waals surface area contributed by atoms with Gasteiger partial charge in [0.25, 0.3) is 0 Å². The molecular weight excluding hydrogens is 270 g/mol. The number of nitrogens with one attached hydrogen (secondary N) is 3. The van der Waals surface area contributed by atoms with Crippen LogP contribution >= 0.6 is 24.4 Å². The highest BCUT2D eigenvalue weighted by atomic mass is 32.1. The van der Waals surface area contributed by atoms with Crippen LogP contribution in [-0.2, 0) is 0 Å². The second-order valence-corrected chi connectivity index (χ2v) is 4.44. The second-order valence-electron chi connectivity index (χ2n) is 3.62. The molecule has 1 aromatic carbocycles. The van der Waals surface area contributed by atoms with E-state index in [-0.39, 0.29) is 6.17 Å². The topological polar surface area (TPSA) is 54.5 Å². The van der Waals surface area contributed by atoms with Gasteiger partial charge in [-0.3, -0.25) is 0 Å². The van der Waals surface area contributed by atoms with Gasteiger partial charge in [0.05, 0.1) is 14.2 Å². The number of thiocarbonyl (C=S) groups is 2. The molecule has 7 heteroatoms. The van der Waals surface area contributed by atoms with Crippen molar-refractivity contribution in [1.29, 1.82) is 0 Å². The van der Waals surface area contributed by atoms with E-state index in [9.17, 15) is 0 Å². The van der Waals surface area contributed by atoms with Crippen LogP contribution in [0.4, 0.5) is 0 Å². The average Bonchev–Trinajstić information content (AvgIpc) is 2.36. The minimum atomic E-state index is -0.175. The summed E-state index contributed by atoms with van der Waals surface area (Å²) in [5.74, 6) is 1.34. The minimum Gasteiger partial charge on any atom is -0.493 e. The summed E-state index contributed by atoms with van der Waals surface area (Å²) in [5.41, 5.74) is 0.957. The van der Waals surface area contributed by atoms with E-state index in [2.05, 4.69) is 16.0 Å². The van der Waals surface area contributed by atoms with E-state index < -0.39 is 0 Å². The molecule has 96 valence electrons. The highest BCUT2D eigenvalue weighted by Crippen LogP contribution is 2.29. The van der Waals surface area contributed by atoms with Crippen molar-refractivity contribution in [3.8, 4) is 11.5 Å². The molecule has 0 bridgehead atoms. The van der Waals surface area contributed by atoms with Crippen LogP contribution in [0.3, 0.4) is 0 Å². The Labute approximate surface area is 116 Å². The van der Waals surface area contributed by atoms with Gasteiger partial charge in [-0.25, -0.2) is 0 Å². The van der Waals surface area contributed by atoms with Crippen molar-refractivity contribution in [2.24, 2.45) is 0 Å². The molecule has 1 heterocycles. The van der Waals surface area contributed by atoms with E-state index in [4.69, 9.17) is 33.9 Å². The summed E-state index contributed by atoms with van der Waals surface area (Å²) in [4.78, 5) is 0. The van der Waals surface area contributed by atoms with Crippen LogP contribution < -0.4 is 25.4 Å². The number of ether oxygens (including phenoxy) is 2. The van der Waals surface area contributed by atoms with Gasteiger partial charge in [-0.05, 0) is 42.1 Å². The summed E-state index contributed by atoms with van der Waals surface area (Å²) in [7, 11) is 3.20. The second kappa shape index (κ2) is 5.36. The number of hydrogen-bond donors (Lipinski definition) is 3. The van der Waals surface area contributed by atoms with Crippen LogP contribution in [0.15, 0.2) is 18.2 Å². The SMILES string of the molecule is COc1ccc(C2NC(=S)NC(=S)N2)cc1OC. The van der Waals surface area contributed by atoms with Crippen molar-refractivity contribution in [3.05, 3.63) is 23.8 Å². The average molecular weight is 283 g/mol. The summed E-state index contributed by atoms with van der Waals surface area (Å²) in [5, 5.41) is 9.97. The fourth-order valence-electron chi connectivity index (χ4n) is 1.67. The molecule has 0 spiro atoms. The van der Waals surface area contributed by atoms with Gasteiger partial charge >= 0.3 is 0 Å². The zero-order chi connectivity index (χ0) is 13.1. The van der Waals surface area contributed by atoms with Gasteiger partial charge in [-0.2, -0.15) is 0 Å². The Morgan fingerprint density at radius 1 is 1.00 bits per heavy atom. The number of benzene rings is 1.